The summed E-state index contributed by atoms with van der Waals surface area (Å²) in [5, 5.41) is 12.6. The summed E-state index contributed by atoms with van der Waals surface area (Å²) in [5.41, 5.74) is 1.78. The fourth-order valence-electron chi connectivity index (χ4n) is 5.66. The van der Waals surface area contributed by atoms with Crippen LogP contribution in [0.5, 0.6) is 0 Å². The van der Waals surface area contributed by atoms with Crippen molar-refractivity contribution in [1.29, 1.82) is 5.26 Å². The summed E-state index contributed by atoms with van der Waals surface area (Å²) in [4.78, 5) is 6.44. The monoisotopic (exact) mass is 517 g/mol. The van der Waals surface area contributed by atoms with Crippen molar-refractivity contribution in [2.45, 2.75) is 50.5 Å². The molecule has 10 heteroatoms. The average Bonchev–Trinajstić information content (AvgIpc) is 3.16. The number of likely N-dealkylation sites (tertiary alicyclic amines) is 1. The molecule has 2 unspecified atom stereocenters. The summed E-state index contributed by atoms with van der Waals surface area (Å²) in [5.74, 6) is -1.77. The zero-order valence-electron chi connectivity index (χ0n) is 20.4. The molecular weight excluding hydrogens is 489 g/mol. The number of anilines is 1. The van der Waals surface area contributed by atoms with Crippen molar-refractivity contribution in [2.75, 3.05) is 31.5 Å². The minimum Gasteiger partial charge on any atom is -0.380 e. The molecule has 0 aliphatic carbocycles. The van der Waals surface area contributed by atoms with E-state index in [0.717, 1.165) is 34.3 Å². The number of aromatic amines is 1. The van der Waals surface area contributed by atoms with E-state index in [1.807, 2.05) is 24.3 Å². The van der Waals surface area contributed by atoms with Gasteiger partial charge in [0.05, 0.1) is 24.7 Å². The van der Waals surface area contributed by atoms with Crippen LogP contribution in [0.2, 0.25) is 0 Å². The van der Waals surface area contributed by atoms with E-state index in [4.69, 9.17) is 5.26 Å². The molecule has 1 saturated heterocycles. The second kappa shape index (κ2) is 9.95. The molecule has 196 valence electrons. The Morgan fingerprint density at radius 1 is 1.14 bits per heavy atom. The van der Waals surface area contributed by atoms with Crippen molar-refractivity contribution in [3.63, 3.8) is 0 Å². The van der Waals surface area contributed by atoms with Crippen LogP contribution in [0, 0.1) is 23.0 Å². The predicted octanol–water partition coefficient (Wildman–Crippen LogP) is 5.74. The molecule has 2 aliphatic heterocycles. The molecule has 2 aromatic carbocycles. The first kappa shape index (κ1) is 25.5. The Balaban J connectivity index is 1.46. The highest BCUT2D eigenvalue weighted by Gasteiger charge is 2.43. The first-order valence-electron chi connectivity index (χ1n) is 12.4. The number of aromatic nitrogens is 1. The summed E-state index contributed by atoms with van der Waals surface area (Å²) in [6.07, 6.45) is -2.95. The molecule has 37 heavy (non-hydrogen) atoms. The minimum atomic E-state index is -4.53. The second-order valence-corrected chi connectivity index (χ2v) is 10.0. The molecule has 0 amide bonds. The van der Waals surface area contributed by atoms with Crippen LogP contribution in [0.4, 0.5) is 27.6 Å². The van der Waals surface area contributed by atoms with E-state index >= 15 is 8.78 Å². The van der Waals surface area contributed by atoms with Gasteiger partial charge in [-0.05, 0) is 50.1 Å². The average molecular weight is 518 g/mol. The van der Waals surface area contributed by atoms with Crippen LogP contribution in [0.3, 0.4) is 0 Å². The van der Waals surface area contributed by atoms with Crippen LogP contribution >= 0.6 is 0 Å². The summed E-state index contributed by atoms with van der Waals surface area (Å²) in [7, 11) is 0. The molecule has 0 spiro atoms. The lowest BCUT2D eigenvalue weighted by atomic mass is 9.88. The van der Waals surface area contributed by atoms with Crippen LogP contribution in [0.15, 0.2) is 36.4 Å². The molecule has 1 fully saturated rings. The molecule has 1 aromatic heterocycles. The Labute approximate surface area is 211 Å². The molecule has 3 aromatic rings. The quantitative estimate of drug-likeness (QED) is 0.310. The summed E-state index contributed by atoms with van der Waals surface area (Å²) in [6, 6.07) is 9.94. The number of nitriles is 1. The molecule has 0 saturated carbocycles. The number of H-pyrrole nitrogens is 1. The van der Waals surface area contributed by atoms with Gasteiger partial charge in [-0.15, -0.1) is 0 Å². The highest BCUT2D eigenvalue weighted by Crippen LogP contribution is 2.44. The maximum Gasteiger partial charge on any atom is 0.401 e. The summed E-state index contributed by atoms with van der Waals surface area (Å²) < 4.78 is 72.0. The zero-order valence-corrected chi connectivity index (χ0v) is 20.4. The number of nitrogens with zero attached hydrogens (tertiary/aromatic N) is 3. The third kappa shape index (κ3) is 5.15. The van der Waals surface area contributed by atoms with E-state index < -0.39 is 36.4 Å². The number of fused-ring (bicyclic) bond motifs is 3. The maximum absolute atomic E-state index is 15.6. The van der Waals surface area contributed by atoms with Crippen LogP contribution in [-0.2, 0) is 6.42 Å². The zero-order chi connectivity index (χ0) is 26.3. The van der Waals surface area contributed by atoms with Crippen LogP contribution in [-0.4, -0.2) is 59.2 Å². The Kier molecular flexibility index (Phi) is 6.86. The van der Waals surface area contributed by atoms with Gasteiger partial charge in [0.15, 0.2) is 0 Å². The van der Waals surface area contributed by atoms with E-state index in [2.05, 4.69) is 21.3 Å². The number of rotatable bonds is 7. The van der Waals surface area contributed by atoms with Crippen molar-refractivity contribution in [3.8, 4) is 6.07 Å². The van der Waals surface area contributed by atoms with Crippen molar-refractivity contribution in [3.05, 3.63) is 64.9 Å². The smallest absolute Gasteiger partial charge is 0.380 e. The van der Waals surface area contributed by atoms with E-state index in [1.165, 1.54) is 12.1 Å². The molecule has 0 radical (unpaired) electrons. The molecular formula is C27H28F5N5. The number of benzene rings is 2. The van der Waals surface area contributed by atoms with Gasteiger partial charge >= 0.3 is 6.18 Å². The third-order valence-corrected chi connectivity index (χ3v) is 7.32. The van der Waals surface area contributed by atoms with E-state index in [0.29, 0.717) is 31.6 Å². The minimum absolute atomic E-state index is 0.00322. The number of para-hydroxylation sites is 1. The van der Waals surface area contributed by atoms with Gasteiger partial charge in [-0.3, -0.25) is 9.80 Å². The molecule has 5 rings (SSSR count). The summed E-state index contributed by atoms with van der Waals surface area (Å²) >= 11 is 0. The topological polar surface area (TPSA) is 58.1 Å². The van der Waals surface area contributed by atoms with E-state index in [1.54, 1.807) is 6.92 Å². The first-order valence-corrected chi connectivity index (χ1v) is 12.4. The second-order valence-electron chi connectivity index (χ2n) is 10.0. The Bertz CT molecular complexity index is 1300. The predicted molar refractivity (Wildman–Crippen MR) is 131 cm³/mol. The lowest BCUT2D eigenvalue weighted by Crippen LogP contribution is -2.54. The van der Waals surface area contributed by atoms with Crippen molar-refractivity contribution in [2.24, 2.45) is 0 Å². The standard InChI is InChI=1S/C27H28F5N5/c1-16-10-20-19-6-2-3-7-23(19)35-25(20)26(37(16)15-27(30,31)32)24-21(28)11-17(12-22(24)29)34-18-13-36(14-18)9-5-4-8-33/h2-3,6-7,11-12,16,18,26,34-35H,4-5,9-10,13-15H2,1H3. The normalized spacial score (nSPS) is 21.0. The van der Waals surface area contributed by atoms with Crippen molar-refractivity contribution < 1.29 is 22.0 Å². The molecule has 0 bridgehead atoms. The van der Waals surface area contributed by atoms with Gasteiger partial charge in [0, 0.05) is 53.4 Å². The number of hydrogen-bond donors (Lipinski definition) is 2. The van der Waals surface area contributed by atoms with Crippen LogP contribution in [0.25, 0.3) is 10.9 Å². The van der Waals surface area contributed by atoms with Gasteiger partial charge in [0.2, 0.25) is 0 Å². The van der Waals surface area contributed by atoms with Crippen LogP contribution < -0.4 is 5.32 Å². The van der Waals surface area contributed by atoms with Crippen molar-refractivity contribution >= 4 is 16.6 Å². The number of unbranched alkanes of at least 4 members (excludes halogenated alkanes) is 1. The highest BCUT2D eigenvalue weighted by molar-refractivity contribution is 5.85. The Morgan fingerprint density at radius 2 is 1.84 bits per heavy atom. The Hall–Kier alpha value is -3.16. The number of halogens is 5. The first-order chi connectivity index (χ1) is 17.6. The number of hydrogen-bond acceptors (Lipinski definition) is 4. The fraction of sp³-hybridized carbons (Fsp3) is 0.444. The van der Waals surface area contributed by atoms with Gasteiger partial charge < -0.3 is 10.3 Å². The molecule has 2 aliphatic rings. The number of alkyl halides is 3. The van der Waals surface area contributed by atoms with Gasteiger partial charge in [-0.1, -0.05) is 18.2 Å². The van der Waals surface area contributed by atoms with Gasteiger partial charge in [-0.25, -0.2) is 8.78 Å². The van der Waals surface area contributed by atoms with Gasteiger partial charge in [0.1, 0.15) is 11.6 Å². The van der Waals surface area contributed by atoms with Gasteiger partial charge in [-0.2, -0.15) is 18.4 Å². The molecule has 5 nitrogen and oxygen atoms in total. The SMILES string of the molecule is CC1Cc2c([nH]c3ccccc23)C(c2c(F)cc(NC3CN(CCCC#N)C3)cc2F)N1CC(F)(F)F. The van der Waals surface area contributed by atoms with Gasteiger partial charge in [0.25, 0.3) is 0 Å². The van der Waals surface area contributed by atoms with Crippen molar-refractivity contribution in [1.82, 2.24) is 14.8 Å². The maximum atomic E-state index is 15.6. The van der Waals surface area contributed by atoms with E-state index in [9.17, 15) is 13.2 Å². The van der Waals surface area contributed by atoms with Crippen LogP contribution in [0.1, 0.15) is 42.6 Å². The number of nitrogens with one attached hydrogen (secondary N) is 2. The molecule has 3 heterocycles. The third-order valence-electron chi connectivity index (χ3n) is 7.32. The van der Waals surface area contributed by atoms with E-state index in [-0.39, 0.29) is 17.3 Å². The molecule has 2 atom stereocenters. The lowest BCUT2D eigenvalue weighted by Gasteiger charge is -2.41. The fourth-order valence-corrected chi connectivity index (χ4v) is 5.66. The largest absolute Gasteiger partial charge is 0.401 e. The lowest BCUT2D eigenvalue weighted by molar-refractivity contribution is -0.155. The highest BCUT2D eigenvalue weighted by atomic mass is 19.4. The Morgan fingerprint density at radius 3 is 2.51 bits per heavy atom. The molecule has 2 N–H and O–H groups in total. The summed E-state index contributed by atoms with van der Waals surface area (Å²) in [6.45, 7) is 2.54.